The van der Waals surface area contributed by atoms with Gasteiger partial charge in [0.1, 0.15) is 15.8 Å². The van der Waals surface area contributed by atoms with E-state index >= 15 is 0 Å². The average molecular weight is 310 g/mol. The zero-order valence-electron chi connectivity index (χ0n) is 11.4. The molecule has 0 spiro atoms. The molecule has 0 amide bonds. The van der Waals surface area contributed by atoms with Gasteiger partial charge in [0.15, 0.2) is 0 Å². The number of hydrogen-bond acceptors (Lipinski definition) is 7. The summed E-state index contributed by atoms with van der Waals surface area (Å²) in [5.41, 5.74) is 8.02. The second kappa shape index (κ2) is 5.67. The van der Waals surface area contributed by atoms with E-state index in [-0.39, 0.29) is 6.61 Å². The van der Waals surface area contributed by atoms with Crippen LogP contribution in [-0.4, -0.2) is 34.2 Å². The number of nitrogen functional groups attached to an aromatic ring is 1. The third-order valence-electron chi connectivity index (χ3n) is 3.60. The molecule has 0 bridgehead atoms. The lowest BCUT2D eigenvalue weighted by Gasteiger charge is -2.32. The number of aliphatic hydroxyl groups excluding tert-OH is 1. The van der Waals surface area contributed by atoms with Crippen LogP contribution < -0.4 is 10.6 Å². The molecule has 3 heterocycles. The van der Waals surface area contributed by atoms with E-state index in [0.29, 0.717) is 11.7 Å². The topological polar surface area (TPSA) is 75.3 Å². The van der Waals surface area contributed by atoms with E-state index in [1.165, 1.54) is 11.5 Å². The molecule has 3 rings (SSSR count). The molecule has 1 aliphatic heterocycles. The molecule has 3 N–H and O–H groups in total. The van der Waals surface area contributed by atoms with E-state index in [9.17, 15) is 5.11 Å². The van der Waals surface area contributed by atoms with E-state index in [1.807, 2.05) is 12.3 Å². The van der Waals surface area contributed by atoms with E-state index in [2.05, 4.69) is 14.3 Å². The first kappa shape index (κ1) is 13.8. The number of nitrogens with two attached hydrogens (primary N) is 1. The number of anilines is 2. The molecule has 0 aliphatic carbocycles. The monoisotopic (exact) mass is 310 g/mol. The first-order chi connectivity index (χ1) is 9.69. The molecule has 1 saturated heterocycles. The molecule has 108 valence electrons. The fourth-order valence-electron chi connectivity index (χ4n) is 2.58. The Kier molecular flexibility index (Phi) is 3.91. The van der Waals surface area contributed by atoms with E-state index in [4.69, 9.17) is 5.73 Å². The highest BCUT2D eigenvalue weighted by molar-refractivity contribution is 7.15. The number of piperidine rings is 1. The van der Waals surface area contributed by atoms with Crippen molar-refractivity contribution in [3.8, 4) is 10.6 Å². The summed E-state index contributed by atoms with van der Waals surface area (Å²) in [6, 6.07) is 0. The van der Waals surface area contributed by atoms with Crippen LogP contribution in [0.5, 0.6) is 0 Å². The average Bonchev–Trinajstić information content (AvgIpc) is 3.04. The largest absolute Gasteiger partial charge is 0.396 e. The molecule has 1 unspecified atom stereocenters. The van der Waals surface area contributed by atoms with Crippen molar-refractivity contribution in [3.05, 3.63) is 11.1 Å². The van der Waals surface area contributed by atoms with Crippen LogP contribution in [0.4, 0.5) is 10.8 Å². The van der Waals surface area contributed by atoms with Gasteiger partial charge in [-0.05, 0) is 37.2 Å². The zero-order valence-corrected chi connectivity index (χ0v) is 13.0. The third kappa shape index (κ3) is 2.53. The van der Waals surface area contributed by atoms with Gasteiger partial charge in [0.05, 0.1) is 5.56 Å². The fraction of sp³-hybridized carbons (Fsp3) is 0.538. The summed E-state index contributed by atoms with van der Waals surface area (Å²) in [5, 5.41) is 13.4. The van der Waals surface area contributed by atoms with Crippen LogP contribution in [0.25, 0.3) is 10.6 Å². The standard InChI is InChI=1S/C13H18N4OS2/c1-8-7-19-12(15-8)10-11(14)16-20-13(10)17-4-2-3-9(5-17)6-18/h7,9,18H,2-6H2,1H3,(H2,14,16). The van der Waals surface area contributed by atoms with Gasteiger partial charge in [-0.1, -0.05) is 0 Å². The second-order valence-electron chi connectivity index (χ2n) is 5.18. The minimum atomic E-state index is 0.247. The first-order valence-electron chi connectivity index (χ1n) is 6.72. The number of aryl methyl sites for hydroxylation is 1. The Labute approximate surface area is 126 Å². The van der Waals surface area contributed by atoms with Crippen molar-refractivity contribution in [1.82, 2.24) is 9.36 Å². The van der Waals surface area contributed by atoms with Crippen molar-refractivity contribution < 1.29 is 5.11 Å². The Morgan fingerprint density at radius 2 is 2.40 bits per heavy atom. The summed E-state index contributed by atoms with van der Waals surface area (Å²) in [4.78, 5) is 6.83. The molecule has 5 nitrogen and oxygen atoms in total. The molecule has 0 radical (unpaired) electrons. The Bertz CT molecular complexity index is 595. The minimum absolute atomic E-state index is 0.247. The maximum atomic E-state index is 9.38. The quantitative estimate of drug-likeness (QED) is 0.910. The summed E-state index contributed by atoms with van der Waals surface area (Å²) >= 11 is 3.04. The highest BCUT2D eigenvalue weighted by atomic mass is 32.1. The van der Waals surface area contributed by atoms with Crippen molar-refractivity contribution in [3.63, 3.8) is 0 Å². The lowest BCUT2D eigenvalue weighted by atomic mass is 9.99. The Morgan fingerprint density at radius 3 is 3.10 bits per heavy atom. The van der Waals surface area contributed by atoms with Crippen molar-refractivity contribution in [2.45, 2.75) is 19.8 Å². The number of rotatable bonds is 3. The van der Waals surface area contributed by atoms with Crippen molar-refractivity contribution in [2.24, 2.45) is 5.92 Å². The van der Waals surface area contributed by atoms with Gasteiger partial charge < -0.3 is 15.7 Å². The van der Waals surface area contributed by atoms with Gasteiger partial charge in [-0.15, -0.1) is 11.3 Å². The van der Waals surface area contributed by atoms with E-state index in [1.54, 1.807) is 11.3 Å². The van der Waals surface area contributed by atoms with E-state index < -0.39 is 0 Å². The summed E-state index contributed by atoms with van der Waals surface area (Å²) < 4.78 is 4.31. The molecule has 1 aliphatic rings. The molecule has 1 atom stereocenters. The number of aromatic nitrogens is 2. The van der Waals surface area contributed by atoms with Crippen molar-refractivity contribution in [1.29, 1.82) is 0 Å². The molecule has 20 heavy (non-hydrogen) atoms. The summed E-state index contributed by atoms with van der Waals surface area (Å²) in [5.74, 6) is 0.906. The first-order valence-corrected chi connectivity index (χ1v) is 8.37. The number of hydrogen-bond donors (Lipinski definition) is 2. The number of thiazole rings is 1. The van der Waals surface area contributed by atoms with Crippen LogP contribution in [0.1, 0.15) is 18.5 Å². The van der Waals surface area contributed by atoms with Crippen molar-refractivity contribution in [2.75, 3.05) is 30.3 Å². The van der Waals surface area contributed by atoms with Crippen LogP contribution in [0.15, 0.2) is 5.38 Å². The molecule has 1 fully saturated rings. The molecule has 0 aromatic carbocycles. The van der Waals surface area contributed by atoms with Gasteiger partial charge in [0.2, 0.25) is 0 Å². The van der Waals surface area contributed by atoms with Gasteiger partial charge in [-0.2, -0.15) is 4.37 Å². The molecule has 2 aromatic heterocycles. The highest BCUT2D eigenvalue weighted by Crippen LogP contribution is 2.41. The second-order valence-corrected chi connectivity index (χ2v) is 6.79. The predicted octanol–water partition coefficient (Wildman–Crippen LogP) is 2.37. The number of aliphatic hydroxyl groups is 1. The summed E-state index contributed by atoms with van der Waals surface area (Å²) in [6.45, 7) is 4.10. The Hall–Kier alpha value is -1.18. The molecule has 2 aromatic rings. The molecule has 0 saturated carbocycles. The predicted molar refractivity (Wildman–Crippen MR) is 84.4 cm³/mol. The maximum absolute atomic E-state index is 9.38. The summed E-state index contributed by atoms with van der Waals surface area (Å²) in [6.07, 6.45) is 2.19. The maximum Gasteiger partial charge on any atom is 0.149 e. The van der Waals surface area contributed by atoms with Crippen LogP contribution in [0, 0.1) is 12.8 Å². The Morgan fingerprint density at radius 1 is 1.55 bits per heavy atom. The van der Waals surface area contributed by atoms with Gasteiger partial charge in [-0.3, -0.25) is 0 Å². The van der Waals surface area contributed by atoms with Crippen LogP contribution in [0.2, 0.25) is 0 Å². The van der Waals surface area contributed by atoms with Gasteiger partial charge in [0.25, 0.3) is 0 Å². The fourth-order valence-corrected chi connectivity index (χ4v) is 4.34. The lowest BCUT2D eigenvalue weighted by Crippen LogP contribution is -2.36. The molecule has 7 heteroatoms. The van der Waals surface area contributed by atoms with Gasteiger partial charge in [-0.25, -0.2) is 4.98 Å². The van der Waals surface area contributed by atoms with Crippen LogP contribution in [0.3, 0.4) is 0 Å². The smallest absolute Gasteiger partial charge is 0.149 e. The zero-order chi connectivity index (χ0) is 14.1. The van der Waals surface area contributed by atoms with Gasteiger partial charge in [0, 0.05) is 30.8 Å². The molecular formula is C13H18N4OS2. The van der Waals surface area contributed by atoms with Crippen molar-refractivity contribution >= 4 is 33.7 Å². The van der Waals surface area contributed by atoms with E-state index in [0.717, 1.165) is 47.2 Å². The highest BCUT2D eigenvalue weighted by Gasteiger charge is 2.26. The minimum Gasteiger partial charge on any atom is -0.396 e. The SMILES string of the molecule is Cc1csc(-c2c(N)nsc2N2CCCC(CO)C2)n1. The number of nitrogens with zero attached hydrogens (tertiary/aromatic N) is 3. The Balaban J connectivity index is 1.94. The third-order valence-corrected chi connectivity index (χ3v) is 5.50. The van der Waals surface area contributed by atoms with Gasteiger partial charge >= 0.3 is 0 Å². The summed E-state index contributed by atoms with van der Waals surface area (Å²) in [7, 11) is 0. The normalized spacial score (nSPS) is 19.5. The molecular weight excluding hydrogens is 292 g/mol. The van der Waals surface area contributed by atoms with Crippen LogP contribution in [-0.2, 0) is 0 Å². The lowest BCUT2D eigenvalue weighted by molar-refractivity contribution is 0.209. The van der Waals surface area contributed by atoms with Crippen LogP contribution >= 0.6 is 22.9 Å².